The van der Waals surface area contributed by atoms with Crippen molar-refractivity contribution >= 4 is 23.6 Å². The molecule has 0 aliphatic carbocycles. The van der Waals surface area contributed by atoms with Gasteiger partial charge >= 0.3 is 0 Å². The maximum atomic E-state index is 12.3. The van der Waals surface area contributed by atoms with E-state index in [9.17, 15) is 4.79 Å². The zero-order valence-electron chi connectivity index (χ0n) is 9.67. The number of carbonyl (C=O) groups is 1. The summed E-state index contributed by atoms with van der Waals surface area (Å²) in [4.78, 5) is 16.5. The number of thioether (sulfide) groups is 1. The Bertz CT molecular complexity index is 619. The summed E-state index contributed by atoms with van der Waals surface area (Å²) in [5, 5.41) is 0.840. The number of ketones is 1. The Hall–Kier alpha value is -1.87. The second-order valence-electron chi connectivity index (χ2n) is 4.05. The number of pyridine rings is 1. The van der Waals surface area contributed by atoms with Crippen LogP contribution in [0, 0.1) is 0 Å². The van der Waals surface area contributed by atoms with Gasteiger partial charge in [0.1, 0.15) is 5.03 Å². The predicted molar refractivity (Wildman–Crippen MR) is 73.7 cm³/mol. The van der Waals surface area contributed by atoms with Crippen LogP contribution < -0.4 is 0 Å². The average Bonchev–Trinajstić information content (AvgIpc) is 2.43. The molecule has 3 heteroatoms. The number of aromatic nitrogens is 1. The second kappa shape index (κ2) is 4.78. The van der Waals surface area contributed by atoms with Crippen molar-refractivity contribution in [3.63, 3.8) is 0 Å². The first-order valence-electron chi connectivity index (χ1n) is 5.73. The summed E-state index contributed by atoms with van der Waals surface area (Å²) in [5.41, 5.74) is 2.62. The highest BCUT2D eigenvalue weighted by atomic mass is 32.2. The molecule has 0 atom stereocenters. The monoisotopic (exact) mass is 253 g/mol. The van der Waals surface area contributed by atoms with E-state index in [0.29, 0.717) is 5.75 Å². The first-order valence-corrected chi connectivity index (χ1v) is 6.71. The van der Waals surface area contributed by atoms with Gasteiger partial charge in [-0.2, -0.15) is 0 Å². The van der Waals surface area contributed by atoms with Gasteiger partial charge in [0.25, 0.3) is 0 Å². The Kier molecular flexibility index (Phi) is 2.99. The first-order chi connectivity index (χ1) is 8.84. The Morgan fingerprint density at radius 2 is 1.94 bits per heavy atom. The Labute approximate surface area is 110 Å². The zero-order valence-corrected chi connectivity index (χ0v) is 10.5. The van der Waals surface area contributed by atoms with Crippen LogP contribution in [0.5, 0.6) is 0 Å². The lowest BCUT2D eigenvalue weighted by atomic mass is 10.0. The van der Waals surface area contributed by atoms with E-state index in [2.05, 4.69) is 4.98 Å². The number of carbonyl (C=O) groups excluding carboxylic acids is 1. The molecule has 0 bridgehead atoms. The number of fused-ring (bicyclic) bond motifs is 1. The largest absolute Gasteiger partial charge is 0.289 e. The molecule has 0 radical (unpaired) electrons. The summed E-state index contributed by atoms with van der Waals surface area (Å²) in [6, 6.07) is 13.6. The van der Waals surface area contributed by atoms with Gasteiger partial charge in [0.05, 0.1) is 5.56 Å². The SMILES string of the molecule is O=C1/C(=C/c2ccccc2)CSc2ncccc21. The van der Waals surface area contributed by atoms with E-state index in [1.807, 2.05) is 48.5 Å². The summed E-state index contributed by atoms with van der Waals surface area (Å²) in [6.07, 6.45) is 3.69. The number of nitrogens with zero attached hydrogens (tertiary/aromatic N) is 1. The molecule has 0 saturated carbocycles. The summed E-state index contributed by atoms with van der Waals surface area (Å²) < 4.78 is 0. The lowest BCUT2D eigenvalue weighted by molar-refractivity contribution is 0.103. The van der Waals surface area contributed by atoms with Crippen molar-refractivity contribution in [3.05, 3.63) is 65.4 Å². The number of Topliss-reactive ketones (excluding diaryl/α,β-unsaturated/α-hetero) is 1. The molecular formula is C15H11NOS. The van der Waals surface area contributed by atoms with Crippen LogP contribution in [0.2, 0.25) is 0 Å². The molecule has 1 aromatic heterocycles. The van der Waals surface area contributed by atoms with Gasteiger partial charge < -0.3 is 0 Å². The number of hydrogen-bond donors (Lipinski definition) is 0. The van der Waals surface area contributed by atoms with Crippen LogP contribution in [0.4, 0.5) is 0 Å². The minimum absolute atomic E-state index is 0.0979. The summed E-state index contributed by atoms with van der Waals surface area (Å²) in [6.45, 7) is 0. The van der Waals surface area contributed by atoms with Crippen molar-refractivity contribution < 1.29 is 4.79 Å². The molecule has 0 amide bonds. The molecule has 0 unspecified atom stereocenters. The quantitative estimate of drug-likeness (QED) is 0.729. The van der Waals surface area contributed by atoms with Crippen LogP contribution in [0.1, 0.15) is 15.9 Å². The Morgan fingerprint density at radius 1 is 1.11 bits per heavy atom. The summed E-state index contributed by atoms with van der Waals surface area (Å²) >= 11 is 1.62. The van der Waals surface area contributed by atoms with E-state index in [1.165, 1.54) is 0 Å². The van der Waals surface area contributed by atoms with Crippen LogP contribution in [0.3, 0.4) is 0 Å². The van der Waals surface area contributed by atoms with Crippen LogP contribution >= 0.6 is 11.8 Å². The van der Waals surface area contributed by atoms with E-state index >= 15 is 0 Å². The lowest BCUT2D eigenvalue weighted by Crippen LogP contribution is -2.13. The molecule has 0 spiro atoms. The van der Waals surface area contributed by atoms with Crippen molar-refractivity contribution in [1.29, 1.82) is 0 Å². The molecule has 1 aliphatic heterocycles. The number of rotatable bonds is 1. The van der Waals surface area contributed by atoms with Gasteiger partial charge in [0.2, 0.25) is 0 Å². The highest BCUT2D eigenvalue weighted by molar-refractivity contribution is 7.99. The van der Waals surface area contributed by atoms with Crippen LogP contribution in [-0.2, 0) is 0 Å². The average molecular weight is 253 g/mol. The third-order valence-corrected chi connectivity index (χ3v) is 3.87. The molecule has 0 N–H and O–H groups in total. The number of hydrogen-bond acceptors (Lipinski definition) is 3. The van der Waals surface area contributed by atoms with Gasteiger partial charge in [-0.1, -0.05) is 30.3 Å². The first kappa shape index (κ1) is 11.2. The molecular weight excluding hydrogens is 242 g/mol. The molecule has 88 valence electrons. The van der Waals surface area contributed by atoms with E-state index in [0.717, 1.165) is 21.7 Å². The van der Waals surface area contributed by atoms with Gasteiger partial charge in [-0.25, -0.2) is 4.98 Å². The molecule has 18 heavy (non-hydrogen) atoms. The van der Waals surface area contributed by atoms with Crippen molar-refractivity contribution in [3.8, 4) is 0 Å². The van der Waals surface area contributed by atoms with Crippen molar-refractivity contribution in [1.82, 2.24) is 4.98 Å². The van der Waals surface area contributed by atoms with Crippen LogP contribution in [-0.4, -0.2) is 16.5 Å². The number of benzene rings is 1. The fourth-order valence-corrected chi connectivity index (χ4v) is 2.88. The van der Waals surface area contributed by atoms with E-state index in [1.54, 1.807) is 18.0 Å². The molecule has 2 aromatic rings. The predicted octanol–water partition coefficient (Wildman–Crippen LogP) is 3.45. The van der Waals surface area contributed by atoms with Crippen molar-refractivity contribution in [2.24, 2.45) is 0 Å². The maximum absolute atomic E-state index is 12.3. The van der Waals surface area contributed by atoms with Crippen LogP contribution in [0.25, 0.3) is 6.08 Å². The van der Waals surface area contributed by atoms with Gasteiger partial charge in [0.15, 0.2) is 5.78 Å². The maximum Gasteiger partial charge on any atom is 0.192 e. The molecule has 1 aromatic carbocycles. The highest BCUT2D eigenvalue weighted by Gasteiger charge is 2.22. The fraction of sp³-hybridized carbons (Fsp3) is 0.0667. The van der Waals surface area contributed by atoms with E-state index < -0.39 is 0 Å². The zero-order chi connectivity index (χ0) is 12.4. The van der Waals surface area contributed by atoms with Crippen LogP contribution in [0.15, 0.2) is 59.3 Å². The lowest BCUT2D eigenvalue weighted by Gasteiger charge is -2.15. The second-order valence-corrected chi connectivity index (χ2v) is 5.02. The van der Waals surface area contributed by atoms with Gasteiger partial charge in [0, 0.05) is 17.5 Å². The molecule has 2 heterocycles. The highest BCUT2D eigenvalue weighted by Crippen LogP contribution is 2.31. The van der Waals surface area contributed by atoms with E-state index in [-0.39, 0.29) is 5.78 Å². The van der Waals surface area contributed by atoms with E-state index in [4.69, 9.17) is 0 Å². The standard InChI is InChI=1S/C15H11NOS/c17-14-12(9-11-5-2-1-3-6-11)10-18-15-13(14)7-4-8-16-15/h1-9H,10H2/b12-9+. The van der Waals surface area contributed by atoms with Crippen molar-refractivity contribution in [2.75, 3.05) is 5.75 Å². The van der Waals surface area contributed by atoms with Crippen molar-refractivity contribution in [2.45, 2.75) is 5.03 Å². The molecule has 0 fully saturated rings. The normalized spacial score (nSPS) is 16.7. The third kappa shape index (κ3) is 2.09. The summed E-state index contributed by atoms with van der Waals surface area (Å²) in [5.74, 6) is 0.790. The summed E-state index contributed by atoms with van der Waals surface area (Å²) in [7, 11) is 0. The minimum Gasteiger partial charge on any atom is -0.289 e. The molecule has 1 aliphatic rings. The van der Waals surface area contributed by atoms with Gasteiger partial charge in [-0.15, -0.1) is 11.8 Å². The Morgan fingerprint density at radius 3 is 2.78 bits per heavy atom. The smallest absolute Gasteiger partial charge is 0.192 e. The fourth-order valence-electron chi connectivity index (χ4n) is 1.92. The minimum atomic E-state index is 0.0979. The van der Waals surface area contributed by atoms with Gasteiger partial charge in [-0.05, 0) is 23.8 Å². The molecule has 2 nitrogen and oxygen atoms in total. The topological polar surface area (TPSA) is 30.0 Å². The van der Waals surface area contributed by atoms with Gasteiger partial charge in [-0.3, -0.25) is 4.79 Å². The molecule has 3 rings (SSSR count). The molecule has 0 saturated heterocycles. The Balaban J connectivity index is 1.98. The third-order valence-electron chi connectivity index (χ3n) is 2.81.